The summed E-state index contributed by atoms with van der Waals surface area (Å²) >= 11 is 12.5. The number of imidazole rings is 1. The zero-order chi connectivity index (χ0) is 31.4. The van der Waals surface area contributed by atoms with Gasteiger partial charge in [-0.1, -0.05) is 35.3 Å². The second-order valence-corrected chi connectivity index (χ2v) is 12.7. The average Bonchev–Trinajstić information content (AvgIpc) is 3.30. The Labute approximate surface area is 262 Å². The van der Waals surface area contributed by atoms with E-state index in [9.17, 15) is 29.5 Å². The van der Waals surface area contributed by atoms with Crippen LogP contribution in [-0.2, 0) is 26.3 Å². The lowest BCUT2D eigenvalue weighted by Crippen LogP contribution is -2.52. The van der Waals surface area contributed by atoms with Gasteiger partial charge in [-0.15, -0.1) is 0 Å². The molecule has 2 saturated carbocycles. The molecule has 2 heterocycles. The number of carboxylic acids is 1. The van der Waals surface area contributed by atoms with Gasteiger partial charge in [-0.25, -0.2) is 9.88 Å². The van der Waals surface area contributed by atoms with Gasteiger partial charge < -0.3 is 15.7 Å². The Morgan fingerprint density at radius 2 is 1.80 bits per heavy atom. The van der Waals surface area contributed by atoms with Crippen LogP contribution in [0.15, 0.2) is 48.7 Å². The number of nitriles is 1. The molecule has 1 aliphatic heterocycles. The quantitative estimate of drug-likeness (QED) is 0.333. The molecule has 226 valence electrons. The summed E-state index contributed by atoms with van der Waals surface area (Å²) in [4.78, 5) is 58.5. The highest BCUT2D eigenvalue weighted by molar-refractivity contribution is 6.35. The van der Waals surface area contributed by atoms with Gasteiger partial charge in [-0.2, -0.15) is 5.26 Å². The van der Waals surface area contributed by atoms with Gasteiger partial charge >= 0.3 is 5.97 Å². The lowest BCUT2D eigenvalue weighted by Gasteiger charge is -2.27. The summed E-state index contributed by atoms with van der Waals surface area (Å²) in [6.45, 7) is 1.71. The zero-order valence-corrected chi connectivity index (χ0v) is 25.2. The molecular formula is C31H28Cl2N6O5. The number of rotatable bonds is 8. The van der Waals surface area contributed by atoms with Gasteiger partial charge in [0.25, 0.3) is 11.8 Å². The fraction of sp³-hybridized carbons (Fsp3) is 0.355. The SMILES string of the molecule is C[C@@]1(Cc2ccc(C#N)cc2)C(=O)N(c2cc(Cl)cc(Cl)c2)c2ncc(C(=O)NC3(C(=O)N[C@@H]4CC[C@H](C(=O)O)C4)CC3)n21. The van der Waals surface area contributed by atoms with Gasteiger partial charge in [0.2, 0.25) is 11.9 Å². The Balaban J connectivity index is 1.32. The van der Waals surface area contributed by atoms with Crippen LogP contribution in [0.2, 0.25) is 10.0 Å². The maximum absolute atomic E-state index is 14.2. The number of carboxylic acid groups (broad SMARTS) is 1. The first-order chi connectivity index (χ1) is 20.9. The summed E-state index contributed by atoms with van der Waals surface area (Å²) in [6.07, 6.45) is 3.79. The monoisotopic (exact) mass is 634 g/mol. The maximum atomic E-state index is 14.2. The molecular weight excluding hydrogens is 607 g/mol. The predicted octanol–water partition coefficient (Wildman–Crippen LogP) is 4.33. The minimum atomic E-state index is -1.32. The molecule has 3 amide bonds. The number of fused-ring (bicyclic) bond motifs is 1. The minimum absolute atomic E-state index is 0.0889. The molecule has 2 aromatic carbocycles. The van der Waals surface area contributed by atoms with Crippen LogP contribution in [0, 0.1) is 17.2 Å². The van der Waals surface area contributed by atoms with Crippen LogP contribution >= 0.6 is 23.2 Å². The summed E-state index contributed by atoms with van der Waals surface area (Å²) in [7, 11) is 0. The highest BCUT2D eigenvalue weighted by Crippen LogP contribution is 2.44. The van der Waals surface area contributed by atoms with E-state index in [2.05, 4.69) is 21.7 Å². The molecule has 3 N–H and O–H groups in total. The van der Waals surface area contributed by atoms with E-state index < -0.39 is 28.9 Å². The molecule has 11 nitrogen and oxygen atoms in total. The number of hydrogen-bond donors (Lipinski definition) is 3. The summed E-state index contributed by atoms with van der Waals surface area (Å²) < 4.78 is 1.57. The normalized spacial score (nSPS) is 23.1. The average molecular weight is 636 g/mol. The fourth-order valence-corrected chi connectivity index (χ4v) is 6.71. The van der Waals surface area contributed by atoms with Crippen molar-refractivity contribution in [2.75, 3.05) is 4.90 Å². The van der Waals surface area contributed by atoms with E-state index in [1.165, 1.54) is 11.1 Å². The Morgan fingerprint density at radius 3 is 2.39 bits per heavy atom. The zero-order valence-electron chi connectivity index (χ0n) is 23.6. The molecule has 0 spiro atoms. The van der Waals surface area contributed by atoms with Crippen molar-refractivity contribution >= 4 is 58.5 Å². The molecule has 6 rings (SSSR count). The Morgan fingerprint density at radius 1 is 1.11 bits per heavy atom. The van der Waals surface area contributed by atoms with Gasteiger partial charge in [0.15, 0.2) is 0 Å². The first kappa shape index (κ1) is 29.7. The topological polar surface area (TPSA) is 157 Å². The highest BCUT2D eigenvalue weighted by atomic mass is 35.5. The molecule has 0 saturated heterocycles. The number of aliphatic carboxylic acids is 1. The van der Waals surface area contributed by atoms with Crippen LogP contribution < -0.4 is 15.5 Å². The number of anilines is 2. The Hall–Kier alpha value is -4.40. The van der Waals surface area contributed by atoms with Crippen LogP contribution in [-0.4, -0.2) is 49.9 Å². The lowest BCUT2D eigenvalue weighted by molar-refractivity contribution is -0.141. The van der Waals surface area contributed by atoms with Crippen molar-refractivity contribution in [3.8, 4) is 6.07 Å². The molecule has 1 aromatic heterocycles. The third kappa shape index (κ3) is 5.18. The molecule has 3 aliphatic rings. The molecule has 2 fully saturated rings. The first-order valence-corrected chi connectivity index (χ1v) is 14.9. The van der Waals surface area contributed by atoms with E-state index in [1.807, 2.05) is 0 Å². The summed E-state index contributed by atoms with van der Waals surface area (Å²) in [5.74, 6) is -2.48. The van der Waals surface area contributed by atoms with E-state index >= 15 is 0 Å². The lowest BCUT2D eigenvalue weighted by atomic mass is 9.91. The highest BCUT2D eigenvalue weighted by Gasteiger charge is 2.54. The number of aromatic nitrogens is 2. The van der Waals surface area contributed by atoms with Gasteiger partial charge in [-0.3, -0.25) is 23.7 Å². The van der Waals surface area contributed by atoms with Gasteiger partial charge in [0, 0.05) is 22.5 Å². The molecule has 13 heteroatoms. The van der Waals surface area contributed by atoms with Gasteiger partial charge in [0.1, 0.15) is 16.8 Å². The molecule has 0 radical (unpaired) electrons. The number of nitrogens with zero attached hydrogens (tertiary/aromatic N) is 4. The minimum Gasteiger partial charge on any atom is -0.481 e. The first-order valence-electron chi connectivity index (χ1n) is 14.2. The third-order valence-corrected chi connectivity index (χ3v) is 9.16. The molecule has 3 atom stereocenters. The van der Waals surface area contributed by atoms with Crippen LogP contribution in [0.1, 0.15) is 60.6 Å². The van der Waals surface area contributed by atoms with Crippen LogP contribution in [0.3, 0.4) is 0 Å². The fourth-order valence-electron chi connectivity index (χ4n) is 6.20. The van der Waals surface area contributed by atoms with Crippen LogP contribution in [0.5, 0.6) is 0 Å². The molecule has 44 heavy (non-hydrogen) atoms. The van der Waals surface area contributed by atoms with Gasteiger partial charge in [0.05, 0.1) is 29.4 Å². The predicted molar refractivity (Wildman–Crippen MR) is 161 cm³/mol. The van der Waals surface area contributed by atoms with Crippen molar-refractivity contribution in [3.63, 3.8) is 0 Å². The molecule has 2 aliphatic carbocycles. The number of carbonyl (C=O) groups is 4. The van der Waals surface area contributed by atoms with E-state index in [-0.39, 0.29) is 35.9 Å². The smallest absolute Gasteiger partial charge is 0.306 e. The second kappa shape index (κ2) is 10.9. The Bertz CT molecular complexity index is 1720. The maximum Gasteiger partial charge on any atom is 0.306 e. The number of halogens is 2. The largest absolute Gasteiger partial charge is 0.481 e. The van der Waals surface area contributed by atoms with E-state index in [1.54, 1.807) is 54.0 Å². The molecule has 0 bridgehead atoms. The molecule has 3 aromatic rings. The third-order valence-electron chi connectivity index (χ3n) is 8.72. The summed E-state index contributed by atoms with van der Waals surface area (Å²) in [5.41, 5.74) is -0.758. The van der Waals surface area contributed by atoms with Crippen molar-refractivity contribution in [1.82, 2.24) is 20.2 Å². The second-order valence-electron chi connectivity index (χ2n) is 11.9. The summed E-state index contributed by atoms with van der Waals surface area (Å²) in [5, 5.41) is 25.0. The van der Waals surface area contributed by atoms with Crippen molar-refractivity contribution in [2.24, 2.45) is 5.92 Å². The molecule has 0 unspecified atom stereocenters. The van der Waals surface area contributed by atoms with Crippen molar-refractivity contribution < 1.29 is 24.3 Å². The number of carbonyl (C=O) groups excluding carboxylic acids is 3. The number of amides is 3. The van der Waals surface area contributed by atoms with Gasteiger partial charge in [-0.05, 0) is 74.9 Å². The van der Waals surface area contributed by atoms with E-state index in [4.69, 9.17) is 23.2 Å². The number of hydrogen-bond acceptors (Lipinski definition) is 6. The number of benzene rings is 2. The van der Waals surface area contributed by atoms with E-state index in [0.29, 0.717) is 53.4 Å². The van der Waals surface area contributed by atoms with Crippen LogP contribution in [0.25, 0.3) is 0 Å². The van der Waals surface area contributed by atoms with E-state index in [0.717, 1.165) is 5.56 Å². The van der Waals surface area contributed by atoms with Crippen molar-refractivity contribution in [2.45, 2.75) is 62.6 Å². The standard InChI is InChI=1S/C31H28Cl2N6O5/c1-30(14-17-2-4-18(15-34)5-3-17)28(44)38(23-12-20(32)11-21(33)13-23)29-35-16-24(39(29)30)25(40)37-31(8-9-31)27(43)36-22-7-6-19(10-22)26(41)42/h2-5,11-13,16,19,22H,6-10,14H2,1H3,(H,36,43)(H,37,40)(H,41,42)/t19-,22+,30+/m0/s1. The van der Waals surface area contributed by atoms with Crippen molar-refractivity contribution in [3.05, 3.63) is 75.5 Å². The number of nitrogens with one attached hydrogen (secondary N) is 2. The van der Waals surface area contributed by atoms with Crippen molar-refractivity contribution in [1.29, 1.82) is 5.26 Å². The summed E-state index contributed by atoms with van der Waals surface area (Å²) in [6, 6.07) is 13.3. The van der Waals surface area contributed by atoms with Crippen LogP contribution in [0.4, 0.5) is 11.6 Å². The Kier molecular flexibility index (Phi) is 7.38.